The molecule has 0 aromatic heterocycles. The van der Waals surface area contributed by atoms with Gasteiger partial charge in [0.2, 0.25) is 11.8 Å². The van der Waals surface area contributed by atoms with Crippen LogP contribution in [0.15, 0.2) is 48.5 Å². The van der Waals surface area contributed by atoms with Crippen molar-refractivity contribution in [2.24, 2.45) is 0 Å². The molecule has 2 aromatic carbocycles. The number of carbonyl (C=O) groups is 2. The van der Waals surface area contributed by atoms with Crippen molar-refractivity contribution in [3.8, 4) is 0 Å². The third-order valence-electron chi connectivity index (χ3n) is 4.39. The van der Waals surface area contributed by atoms with Crippen molar-refractivity contribution in [3.63, 3.8) is 0 Å². The van der Waals surface area contributed by atoms with Crippen LogP contribution in [0.5, 0.6) is 0 Å². The molecule has 4 heteroatoms. The van der Waals surface area contributed by atoms with E-state index in [2.05, 4.69) is 23.5 Å². The molecule has 0 saturated heterocycles. The molecule has 1 N–H and O–H groups in total. The largest absolute Gasteiger partial charge is 0.356 e. The molecule has 0 atom stereocenters. The van der Waals surface area contributed by atoms with Gasteiger partial charge in [0, 0.05) is 32.1 Å². The Bertz CT molecular complexity index is 741. The van der Waals surface area contributed by atoms with E-state index < -0.39 is 0 Å². The summed E-state index contributed by atoms with van der Waals surface area (Å²) in [7, 11) is 0. The minimum Gasteiger partial charge on any atom is -0.356 e. The number of hydrogen-bond donors (Lipinski definition) is 1. The number of anilines is 1. The first-order valence-electron chi connectivity index (χ1n) is 9.13. The van der Waals surface area contributed by atoms with Gasteiger partial charge in [-0.15, -0.1) is 0 Å². The highest BCUT2D eigenvalue weighted by atomic mass is 16.2. The second-order valence-corrected chi connectivity index (χ2v) is 6.65. The number of nitrogens with one attached hydrogen (secondary N) is 1. The van der Waals surface area contributed by atoms with Crippen LogP contribution in [0.1, 0.15) is 36.5 Å². The molecule has 0 aliphatic heterocycles. The molecule has 0 saturated carbocycles. The molecule has 0 fully saturated rings. The molecular formula is C22H28N2O2. The summed E-state index contributed by atoms with van der Waals surface area (Å²) in [4.78, 5) is 25.8. The van der Waals surface area contributed by atoms with Gasteiger partial charge < -0.3 is 10.2 Å². The van der Waals surface area contributed by atoms with Crippen molar-refractivity contribution >= 4 is 17.5 Å². The summed E-state index contributed by atoms with van der Waals surface area (Å²) in [5, 5.41) is 2.95. The van der Waals surface area contributed by atoms with Crippen molar-refractivity contribution in [1.82, 2.24) is 5.32 Å². The lowest BCUT2D eigenvalue weighted by Crippen LogP contribution is -2.34. The Balaban J connectivity index is 1.79. The van der Waals surface area contributed by atoms with Gasteiger partial charge in [-0.05, 0) is 43.9 Å². The van der Waals surface area contributed by atoms with E-state index in [1.165, 1.54) is 12.5 Å². The van der Waals surface area contributed by atoms with Crippen LogP contribution in [0.4, 0.5) is 5.69 Å². The maximum atomic E-state index is 12.1. The molecule has 0 unspecified atom stereocenters. The normalized spacial score (nSPS) is 10.4. The van der Waals surface area contributed by atoms with E-state index in [-0.39, 0.29) is 11.8 Å². The molecule has 26 heavy (non-hydrogen) atoms. The zero-order valence-electron chi connectivity index (χ0n) is 15.9. The monoisotopic (exact) mass is 352 g/mol. The lowest BCUT2D eigenvalue weighted by atomic mass is 10.1. The summed E-state index contributed by atoms with van der Waals surface area (Å²) in [6, 6.07) is 16.2. The van der Waals surface area contributed by atoms with E-state index in [0.29, 0.717) is 19.5 Å². The minimum atomic E-state index is -0.0474. The molecule has 2 rings (SSSR count). The van der Waals surface area contributed by atoms with E-state index in [1.54, 1.807) is 4.90 Å². The van der Waals surface area contributed by atoms with Crippen LogP contribution in [-0.2, 0) is 16.0 Å². The smallest absolute Gasteiger partial charge is 0.223 e. The van der Waals surface area contributed by atoms with E-state index in [1.807, 2.05) is 44.2 Å². The predicted molar refractivity (Wildman–Crippen MR) is 106 cm³/mol. The number of amides is 2. The molecular weight excluding hydrogens is 324 g/mol. The van der Waals surface area contributed by atoms with Gasteiger partial charge in [-0.3, -0.25) is 9.59 Å². The predicted octanol–water partition coefficient (Wildman–Crippen LogP) is 3.80. The highest BCUT2D eigenvalue weighted by Gasteiger charge is 2.15. The fraction of sp³-hybridized carbons (Fsp3) is 0.364. The van der Waals surface area contributed by atoms with Gasteiger partial charge in [-0.2, -0.15) is 0 Å². The molecule has 2 amide bonds. The highest BCUT2D eigenvalue weighted by molar-refractivity contribution is 5.93. The lowest BCUT2D eigenvalue weighted by molar-refractivity contribution is -0.121. The Labute approximate surface area is 156 Å². The van der Waals surface area contributed by atoms with Crippen molar-refractivity contribution < 1.29 is 9.59 Å². The fourth-order valence-electron chi connectivity index (χ4n) is 3.02. The Kier molecular flexibility index (Phi) is 7.39. The number of hydrogen-bond acceptors (Lipinski definition) is 2. The van der Waals surface area contributed by atoms with Crippen LogP contribution in [0.25, 0.3) is 0 Å². The molecule has 0 radical (unpaired) electrons. The Morgan fingerprint density at radius 2 is 1.77 bits per heavy atom. The minimum absolute atomic E-state index is 0.0194. The zero-order chi connectivity index (χ0) is 18.9. The molecule has 0 aliphatic carbocycles. The van der Waals surface area contributed by atoms with Gasteiger partial charge in [-0.25, -0.2) is 0 Å². The molecule has 0 spiro atoms. The van der Waals surface area contributed by atoms with Crippen LogP contribution < -0.4 is 10.2 Å². The van der Waals surface area contributed by atoms with Crippen molar-refractivity contribution in [1.29, 1.82) is 0 Å². The van der Waals surface area contributed by atoms with Crippen LogP contribution in [0.2, 0.25) is 0 Å². The molecule has 0 bridgehead atoms. The van der Waals surface area contributed by atoms with Gasteiger partial charge in [-0.1, -0.05) is 48.0 Å². The standard InChI is InChI=1S/C22H28N2O2/c1-17-11-12-21(18(2)16-17)24(19(3)25)15-13-22(26)23-14-7-10-20-8-5-4-6-9-20/h4-6,8-9,11-12,16H,7,10,13-15H2,1-3H3,(H,23,26). The summed E-state index contributed by atoms with van der Waals surface area (Å²) < 4.78 is 0. The zero-order valence-corrected chi connectivity index (χ0v) is 15.9. The van der Waals surface area contributed by atoms with Crippen molar-refractivity contribution in [2.45, 2.75) is 40.0 Å². The maximum absolute atomic E-state index is 12.1. The molecule has 2 aromatic rings. The van der Waals surface area contributed by atoms with E-state index in [4.69, 9.17) is 0 Å². The molecule has 0 heterocycles. The number of carbonyl (C=O) groups excluding carboxylic acids is 2. The average Bonchev–Trinajstić information content (AvgIpc) is 2.61. The van der Waals surface area contributed by atoms with Crippen molar-refractivity contribution in [2.75, 3.05) is 18.0 Å². The van der Waals surface area contributed by atoms with E-state index in [9.17, 15) is 9.59 Å². The third-order valence-corrected chi connectivity index (χ3v) is 4.39. The van der Waals surface area contributed by atoms with Gasteiger partial charge in [0.15, 0.2) is 0 Å². The number of aryl methyl sites for hydroxylation is 3. The van der Waals surface area contributed by atoms with Gasteiger partial charge >= 0.3 is 0 Å². The van der Waals surface area contributed by atoms with Crippen molar-refractivity contribution in [3.05, 3.63) is 65.2 Å². The molecule has 138 valence electrons. The Hall–Kier alpha value is -2.62. The average molecular weight is 352 g/mol. The number of rotatable bonds is 8. The summed E-state index contributed by atoms with van der Waals surface area (Å²) in [5.74, 6) is -0.0668. The van der Waals surface area contributed by atoms with Gasteiger partial charge in [0.05, 0.1) is 0 Å². The third kappa shape index (κ3) is 6.03. The van der Waals surface area contributed by atoms with Crippen LogP contribution in [0, 0.1) is 13.8 Å². The summed E-state index contributed by atoms with van der Waals surface area (Å²) in [6.45, 7) is 6.60. The second-order valence-electron chi connectivity index (χ2n) is 6.65. The number of benzene rings is 2. The van der Waals surface area contributed by atoms with Gasteiger partial charge in [0.1, 0.15) is 0 Å². The lowest BCUT2D eigenvalue weighted by Gasteiger charge is -2.23. The first-order valence-corrected chi connectivity index (χ1v) is 9.13. The van der Waals surface area contributed by atoms with E-state index in [0.717, 1.165) is 29.7 Å². The van der Waals surface area contributed by atoms with Crippen LogP contribution in [0.3, 0.4) is 0 Å². The second kappa shape index (κ2) is 9.76. The molecule has 0 aliphatic rings. The van der Waals surface area contributed by atoms with Crippen LogP contribution >= 0.6 is 0 Å². The molecule has 4 nitrogen and oxygen atoms in total. The summed E-state index contributed by atoms with van der Waals surface area (Å²) in [6.07, 6.45) is 2.16. The number of nitrogens with zero attached hydrogens (tertiary/aromatic N) is 1. The fourth-order valence-corrected chi connectivity index (χ4v) is 3.02. The summed E-state index contributed by atoms with van der Waals surface area (Å²) >= 11 is 0. The highest BCUT2D eigenvalue weighted by Crippen LogP contribution is 2.21. The first-order chi connectivity index (χ1) is 12.5. The Morgan fingerprint density at radius 3 is 2.42 bits per heavy atom. The first kappa shape index (κ1) is 19.7. The topological polar surface area (TPSA) is 49.4 Å². The van der Waals surface area contributed by atoms with E-state index >= 15 is 0 Å². The quantitative estimate of drug-likeness (QED) is 0.735. The summed E-state index contributed by atoms with van der Waals surface area (Å²) in [5.41, 5.74) is 4.36. The van der Waals surface area contributed by atoms with Gasteiger partial charge in [0.25, 0.3) is 0 Å². The maximum Gasteiger partial charge on any atom is 0.223 e. The van der Waals surface area contributed by atoms with Crippen LogP contribution in [-0.4, -0.2) is 24.9 Å². The Morgan fingerprint density at radius 1 is 1.04 bits per heavy atom. The SMILES string of the molecule is CC(=O)N(CCC(=O)NCCCc1ccccc1)c1ccc(C)cc1C.